The molecule has 0 bridgehead atoms. The second-order valence-corrected chi connectivity index (χ2v) is 3.72. The fraction of sp³-hybridized carbons (Fsp3) is 0.333. The highest BCUT2D eigenvalue weighted by Crippen LogP contribution is 2.14. The Morgan fingerprint density at radius 1 is 1.35 bits per heavy atom. The molecule has 1 rings (SSSR count). The van der Waals surface area contributed by atoms with Gasteiger partial charge in [-0.15, -0.1) is 5.06 Å². The van der Waals surface area contributed by atoms with Gasteiger partial charge in [0.05, 0.1) is 0 Å². The first-order valence-electron chi connectivity index (χ1n) is 5.48. The number of carbonyl (C=O) groups excluding carboxylic acids is 2. The van der Waals surface area contributed by atoms with E-state index in [1.54, 1.807) is 18.2 Å². The van der Waals surface area contributed by atoms with Gasteiger partial charge in [0.15, 0.2) is 0 Å². The van der Waals surface area contributed by atoms with Crippen LogP contribution in [0.1, 0.15) is 35.7 Å². The topological polar surface area (TPSA) is 83.6 Å². The van der Waals surface area contributed by atoms with Crippen molar-refractivity contribution >= 4 is 11.9 Å². The number of nitrogens with two attached hydrogens (primary N) is 1. The molecule has 0 aliphatic carbocycles. The van der Waals surface area contributed by atoms with Gasteiger partial charge in [-0.05, 0) is 24.5 Å². The van der Waals surface area contributed by atoms with E-state index < -0.39 is 11.9 Å². The van der Waals surface area contributed by atoms with E-state index in [2.05, 4.69) is 0 Å². The van der Waals surface area contributed by atoms with Crippen LogP contribution in [0.5, 0.6) is 0 Å². The molecule has 3 amide bonds. The monoisotopic (exact) mass is 236 g/mol. The van der Waals surface area contributed by atoms with E-state index in [0.717, 1.165) is 24.8 Å². The molecule has 5 nitrogen and oxygen atoms in total. The number of unbranched alkanes of at least 4 members (excludes halogenated alkanes) is 1. The number of rotatable bonds is 4. The Labute approximate surface area is 99.8 Å². The summed E-state index contributed by atoms with van der Waals surface area (Å²) >= 11 is 0. The number of carbonyl (C=O) groups is 2. The van der Waals surface area contributed by atoms with Crippen molar-refractivity contribution in [2.24, 2.45) is 5.73 Å². The highest BCUT2D eigenvalue weighted by molar-refractivity contribution is 6.03. The summed E-state index contributed by atoms with van der Waals surface area (Å²) in [5, 5.41) is 9.14. The molecule has 0 saturated carbocycles. The van der Waals surface area contributed by atoms with Gasteiger partial charge in [0, 0.05) is 5.56 Å². The Morgan fingerprint density at radius 2 is 2.00 bits per heavy atom. The smallest absolute Gasteiger partial charge is 0.346 e. The van der Waals surface area contributed by atoms with Crippen molar-refractivity contribution in [2.45, 2.75) is 26.2 Å². The Hall–Kier alpha value is -1.88. The molecule has 0 aromatic heterocycles. The number of urea groups is 1. The quantitative estimate of drug-likeness (QED) is 0.619. The highest BCUT2D eigenvalue weighted by Gasteiger charge is 2.20. The first-order valence-corrected chi connectivity index (χ1v) is 5.48. The molecular formula is C12H16N2O3. The zero-order chi connectivity index (χ0) is 12.8. The van der Waals surface area contributed by atoms with Crippen molar-refractivity contribution in [1.82, 2.24) is 5.06 Å². The lowest BCUT2D eigenvalue weighted by Gasteiger charge is -2.13. The maximum absolute atomic E-state index is 11.7. The van der Waals surface area contributed by atoms with Crippen LogP contribution in [0.2, 0.25) is 0 Å². The van der Waals surface area contributed by atoms with Crippen molar-refractivity contribution in [1.29, 1.82) is 0 Å². The van der Waals surface area contributed by atoms with Crippen LogP contribution in [-0.2, 0) is 6.42 Å². The normalized spacial score (nSPS) is 10.0. The van der Waals surface area contributed by atoms with Crippen LogP contribution in [0.15, 0.2) is 24.3 Å². The van der Waals surface area contributed by atoms with Gasteiger partial charge in [0.25, 0.3) is 5.91 Å². The molecular weight excluding hydrogens is 220 g/mol. The van der Waals surface area contributed by atoms with Crippen molar-refractivity contribution in [2.75, 3.05) is 0 Å². The van der Waals surface area contributed by atoms with Crippen molar-refractivity contribution in [3.05, 3.63) is 35.4 Å². The van der Waals surface area contributed by atoms with E-state index in [0.29, 0.717) is 5.56 Å². The van der Waals surface area contributed by atoms with Crippen LogP contribution >= 0.6 is 0 Å². The lowest BCUT2D eigenvalue weighted by atomic mass is 10.0. The predicted molar refractivity (Wildman–Crippen MR) is 62.6 cm³/mol. The molecule has 0 fully saturated rings. The zero-order valence-electron chi connectivity index (χ0n) is 9.72. The highest BCUT2D eigenvalue weighted by atomic mass is 16.5. The van der Waals surface area contributed by atoms with Gasteiger partial charge in [-0.25, -0.2) is 4.79 Å². The van der Waals surface area contributed by atoms with Crippen molar-refractivity contribution in [3.63, 3.8) is 0 Å². The number of aryl methyl sites for hydroxylation is 1. The van der Waals surface area contributed by atoms with Gasteiger partial charge in [0.2, 0.25) is 0 Å². The summed E-state index contributed by atoms with van der Waals surface area (Å²) in [6.07, 6.45) is 2.67. The maximum Gasteiger partial charge on any atom is 0.346 e. The molecule has 0 heterocycles. The third-order valence-corrected chi connectivity index (χ3v) is 2.45. The van der Waals surface area contributed by atoms with Crippen LogP contribution in [0, 0.1) is 0 Å². The standard InChI is InChI=1S/C12H16N2O3/c1-2-3-6-9-7-4-5-8-10(9)11(15)14(17)12(13)16/h4-5,7-8,17H,2-3,6H2,1H3,(H2,13,16). The number of imide groups is 1. The SMILES string of the molecule is CCCCc1ccccc1C(=O)N(O)C(N)=O. The van der Waals surface area contributed by atoms with Crippen LogP contribution in [0.4, 0.5) is 4.79 Å². The fourth-order valence-electron chi connectivity index (χ4n) is 1.53. The lowest BCUT2D eigenvalue weighted by molar-refractivity contribution is -0.0203. The number of amides is 3. The predicted octanol–water partition coefficient (Wildman–Crippen LogP) is 1.94. The number of primary amides is 1. The number of hydrogen-bond acceptors (Lipinski definition) is 3. The van der Waals surface area contributed by atoms with Crippen molar-refractivity contribution in [3.8, 4) is 0 Å². The van der Waals surface area contributed by atoms with E-state index in [1.165, 1.54) is 0 Å². The van der Waals surface area contributed by atoms with Crippen LogP contribution < -0.4 is 5.73 Å². The summed E-state index contributed by atoms with van der Waals surface area (Å²) in [7, 11) is 0. The van der Waals surface area contributed by atoms with E-state index in [1.807, 2.05) is 13.0 Å². The third-order valence-electron chi connectivity index (χ3n) is 2.45. The molecule has 0 aliphatic rings. The molecule has 1 aromatic carbocycles. The van der Waals surface area contributed by atoms with E-state index in [4.69, 9.17) is 5.73 Å². The molecule has 0 saturated heterocycles. The van der Waals surface area contributed by atoms with E-state index >= 15 is 0 Å². The van der Waals surface area contributed by atoms with E-state index in [9.17, 15) is 14.8 Å². The summed E-state index contributed by atoms with van der Waals surface area (Å²) in [6, 6.07) is 5.68. The summed E-state index contributed by atoms with van der Waals surface area (Å²) in [4.78, 5) is 22.5. The Bertz CT molecular complexity index is 418. The van der Waals surface area contributed by atoms with Crippen LogP contribution in [0.25, 0.3) is 0 Å². The molecule has 92 valence electrons. The zero-order valence-corrected chi connectivity index (χ0v) is 9.72. The first kappa shape index (κ1) is 13.2. The minimum Gasteiger partial charge on any atom is -0.349 e. The average molecular weight is 236 g/mol. The number of hydroxylamine groups is 2. The van der Waals surface area contributed by atoms with E-state index in [-0.39, 0.29) is 5.06 Å². The lowest BCUT2D eigenvalue weighted by Crippen LogP contribution is -2.38. The third kappa shape index (κ3) is 3.29. The number of nitrogens with zero attached hydrogens (tertiary/aromatic N) is 1. The first-order chi connectivity index (χ1) is 8.07. The average Bonchev–Trinajstić information content (AvgIpc) is 2.34. The summed E-state index contributed by atoms with van der Waals surface area (Å²) in [5.41, 5.74) is 5.95. The Kier molecular flexibility index (Phi) is 4.66. The number of benzene rings is 1. The molecule has 5 heteroatoms. The fourth-order valence-corrected chi connectivity index (χ4v) is 1.53. The molecule has 17 heavy (non-hydrogen) atoms. The molecule has 1 aromatic rings. The summed E-state index contributed by atoms with van der Waals surface area (Å²) in [6.45, 7) is 2.05. The molecule has 0 spiro atoms. The molecule has 0 radical (unpaired) electrons. The molecule has 3 N–H and O–H groups in total. The van der Waals surface area contributed by atoms with Gasteiger partial charge in [-0.3, -0.25) is 10.0 Å². The van der Waals surface area contributed by atoms with Gasteiger partial charge in [-0.1, -0.05) is 31.5 Å². The van der Waals surface area contributed by atoms with Gasteiger partial charge >= 0.3 is 6.03 Å². The van der Waals surface area contributed by atoms with Gasteiger partial charge in [0.1, 0.15) is 0 Å². The molecule has 0 atom stereocenters. The largest absolute Gasteiger partial charge is 0.349 e. The minimum absolute atomic E-state index is 0.0647. The molecule has 0 unspecified atom stereocenters. The number of hydrogen-bond donors (Lipinski definition) is 2. The second kappa shape index (κ2) is 6.00. The Morgan fingerprint density at radius 3 is 2.59 bits per heavy atom. The van der Waals surface area contributed by atoms with Crippen molar-refractivity contribution < 1.29 is 14.8 Å². The maximum atomic E-state index is 11.7. The summed E-state index contributed by atoms with van der Waals surface area (Å²) in [5.74, 6) is -0.788. The van der Waals surface area contributed by atoms with Crippen LogP contribution in [-0.4, -0.2) is 22.2 Å². The molecule has 0 aliphatic heterocycles. The van der Waals surface area contributed by atoms with Gasteiger partial charge < -0.3 is 5.73 Å². The minimum atomic E-state index is -1.18. The summed E-state index contributed by atoms with van der Waals surface area (Å²) < 4.78 is 0. The van der Waals surface area contributed by atoms with Crippen LogP contribution in [0.3, 0.4) is 0 Å². The second-order valence-electron chi connectivity index (χ2n) is 3.72. The Balaban J connectivity index is 2.96. The van der Waals surface area contributed by atoms with Gasteiger partial charge in [-0.2, -0.15) is 0 Å².